The van der Waals surface area contributed by atoms with Crippen LogP contribution in [0.3, 0.4) is 0 Å². The average molecular weight is 586 g/mol. The summed E-state index contributed by atoms with van der Waals surface area (Å²) in [6.07, 6.45) is 1.52. The van der Waals surface area contributed by atoms with E-state index >= 15 is 0 Å². The van der Waals surface area contributed by atoms with Crippen LogP contribution in [-0.4, -0.2) is 40.2 Å². The molecule has 30 heavy (non-hydrogen) atoms. The van der Waals surface area contributed by atoms with E-state index in [4.69, 9.17) is 14.6 Å². The number of halogens is 2. The van der Waals surface area contributed by atoms with Gasteiger partial charge in [-0.2, -0.15) is 9.78 Å². The second-order valence-electron chi connectivity index (χ2n) is 6.13. The summed E-state index contributed by atoms with van der Waals surface area (Å²) in [5.41, 5.74) is 0.975. The van der Waals surface area contributed by atoms with Crippen molar-refractivity contribution >= 4 is 61.6 Å². The number of aliphatic carboxylic acids is 1. The second kappa shape index (κ2) is 9.56. The molecule has 1 N–H and O–H groups in total. The number of hydrogen-bond acceptors (Lipinski definition) is 6. The van der Waals surface area contributed by atoms with E-state index in [0.717, 1.165) is 4.47 Å². The van der Waals surface area contributed by atoms with Crippen molar-refractivity contribution in [2.75, 3.05) is 13.2 Å². The molecule has 0 atom stereocenters. The number of rotatable bonds is 7. The monoisotopic (exact) mass is 585 g/mol. The van der Waals surface area contributed by atoms with Gasteiger partial charge in [-0.25, -0.2) is 9.78 Å². The third kappa shape index (κ3) is 4.98. The molecular weight excluding hydrogens is 569 g/mol. The van der Waals surface area contributed by atoms with Crippen molar-refractivity contribution < 1.29 is 19.4 Å². The van der Waals surface area contributed by atoms with E-state index in [1.54, 1.807) is 31.2 Å². The van der Waals surface area contributed by atoms with Crippen molar-refractivity contribution in [2.24, 2.45) is 5.10 Å². The first-order chi connectivity index (χ1) is 14.3. The zero-order chi connectivity index (χ0) is 21.8. The standard InChI is InChI=1S/C20H17BrIN3O5/c1-3-29-17-7-12(6-15(22)19(17)30-10-18(26)27)9-23-25-11(2)24-16-5-4-13(21)8-14(16)20(25)28/h4-9H,3,10H2,1-2H3,(H,26,27). The van der Waals surface area contributed by atoms with E-state index < -0.39 is 12.6 Å². The lowest BCUT2D eigenvalue weighted by molar-refractivity contribution is -0.139. The summed E-state index contributed by atoms with van der Waals surface area (Å²) in [7, 11) is 0. The van der Waals surface area contributed by atoms with Gasteiger partial charge in [0.15, 0.2) is 18.1 Å². The van der Waals surface area contributed by atoms with Crippen LogP contribution in [0.15, 0.2) is 44.7 Å². The maximum atomic E-state index is 12.8. The van der Waals surface area contributed by atoms with Gasteiger partial charge in [-0.1, -0.05) is 15.9 Å². The highest BCUT2D eigenvalue weighted by Crippen LogP contribution is 2.34. The van der Waals surface area contributed by atoms with Crippen molar-refractivity contribution in [3.63, 3.8) is 0 Å². The predicted octanol–water partition coefficient (Wildman–Crippen LogP) is 3.82. The minimum atomic E-state index is -1.08. The summed E-state index contributed by atoms with van der Waals surface area (Å²) in [6, 6.07) is 8.75. The highest BCUT2D eigenvalue weighted by molar-refractivity contribution is 14.1. The van der Waals surface area contributed by atoms with E-state index in [-0.39, 0.29) is 5.56 Å². The molecule has 3 rings (SSSR count). The molecule has 1 aromatic heterocycles. The zero-order valence-corrected chi connectivity index (χ0v) is 19.8. The second-order valence-corrected chi connectivity index (χ2v) is 8.21. The van der Waals surface area contributed by atoms with Crippen molar-refractivity contribution in [1.29, 1.82) is 0 Å². The highest BCUT2D eigenvalue weighted by Gasteiger charge is 2.14. The summed E-state index contributed by atoms with van der Waals surface area (Å²) < 4.78 is 13.6. The molecule has 0 aliphatic heterocycles. The minimum absolute atomic E-state index is 0.281. The molecule has 10 heteroatoms. The van der Waals surface area contributed by atoms with Crippen LogP contribution < -0.4 is 15.0 Å². The van der Waals surface area contributed by atoms with E-state index in [0.29, 0.717) is 44.0 Å². The van der Waals surface area contributed by atoms with Crippen LogP contribution in [0.1, 0.15) is 18.3 Å². The number of ether oxygens (including phenoxy) is 2. The lowest BCUT2D eigenvalue weighted by atomic mass is 10.2. The molecule has 8 nitrogen and oxygen atoms in total. The third-order valence-corrected chi connectivity index (χ3v) is 5.26. The Bertz CT molecular complexity index is 1210. The molecular formula is C20H17BrIN3O5. The van der Waals surface area contributed by atoms with Gasteiger partial charge in [0.2, 0.25) is 0 Å². The number of carbonyl (C=O) groups is 1. The van der Waals surface area contributed by atoms with Gasteiger partial charge in [0, 0.05) is 4.47 Å². The first-order valence-electron chi connectivity index (χ1n) is 8.84. The molecule has 0 fully saturated rings. The van der Waals surface area contributed by atoms with Crippen LogP contribution in [0, 0.1) is 10.5 Å². The van der Waals surface area contributed by atoms with Crippen LogP contribution in [0.25, 0.3) is 10.9 Å². The minimum Gasteiger partial charge on any atom is -0.490 e. The van der Waals surface area contributed by atoms with Gasteiger partial charge in [-0.05, 0) is 72.3 Å². The van der Waals surface area contributed by atoms with Crippen LogP contribution in [0.5, 0.6) is 11.5 Å². The fourth-order valence-electron chi connectivity index (χ4n) is 2.72. The number of aromatic nitrogens is 2. The molecule has 0 saturated heterocycles. The lowest BCUT2D eigenvalue weighted by Gasteiger charge is -2.13. The molecule has 0 aliphatic carbocycles. The summed E-state index contributed by atoms with van der Waals surface area (Å²) in [5.74, 6) is 0.121. The first-order valence-corrected chi connectivity index (χ1v) is 10.7. The fourth-order valence-corrected chi connectivity index (χ4v) is 3.86. The molecule has 0 radical (unpaired) electrons. The Labute approximate surface area is 193 Å². The maximum absolute atomic E-state index is 12.8. The number of hydrogen-bond donors (Lipinski definition) is 1. The van der Waals surface area contributed by atoms with E-state index in [1.165, 1.54) is 10.9 Å². The third-order valence-electron chi connectivity index (χ3n) is 3.96. The smallest absolute Gasteiger partial charge is 0.341 e. The number of carboxylic acid groups (broad SMARTS) is 1. The number of carboxylic acids is 1. The predicted molar refractivity (Wildman–Crippen MR) is 125 cm³/mol. The fraction of sp³-hybridized carbons (Fsp3) is 0.200. The first kappa shape index (κ1) is 22.2. The van der Waals surface area contributed by atoms with Gasteiger partial charge in [0.1, 0.15) is 5.82 Å². The summed E-state index contributed by atoms with van der Waals surface area (Å²) in [5, 5.41) is 13.6. The normalized spacial score (nSPS) is 11.2. The number of benzene rings is 2. The Morgan fingerprint density at radius 3 is 2.80 bits per heavy atom. The molecule has 0 spiro atoms. The Balaban J connectivity index is 2.01. The Morgan fingerprint density at radius 2 is 2.10 bits per heavy atom. The Morgan fingerprint density at radius 1 is 1.33 bits per heavy atom. The molecule has 3 aromatic rings. The summed E-state index contributed by atoms with van der Waals surface area (Å²) >= 11 is 5.40. The molecule has 0 amide bonds. The molecule has 2 aromatic carbocycles. The van der Waals surface area contributed by atoms with E-state index in [9.17, 15) is 9.59 Å². The quantitative estimate of drug-likeness (QED) is 0.334. The van der Waals surface area contributed by atoms with Gasteiger partial charge in [0.05, 0.1) is 27.3 Å². The largest absolute Gasteiger partial charge is 0.490 e. The van der Waals surface area contributed by atoms with Crippen LogP contribution >= 0.6 is 38.5 Å². The average Bonchev–Trinajstić information content (AvgIpc) is 2.68. The SMILES string of the molecule is CCOc1cc(C=Nn2c(C)nc3ccc(Br)cc3c2=O)cc(I)c1OCC(=O)O. The van der Waals surface area contributed by atoms with E-state index in [2.05, 4.69) is 26.0 Å². The van der Waals surface area contributed by atoms with Gasteiger partial charge in [-0.3, -0.25) is 4.79 Å². The van der Waals surface area contributed by atoms with Crippen LogP contribution in [0.2, 0.25) is 0 Å². The van der Waals surface area contributed by atoms with Gasteiger partial charge in [-0.15, -0.1) is 0 Å². The van der Waals surface area contributed by atoms with Gasteiger partial charge in [0.25, 0.3) is 5.56 Å². The molecule has 1 heterocycles. The van der Waals surface area contributed by atoms with Crippen LogP contribution in [-0.2, 0) is 4.79 Å². The van der Waals surface area contributed by atoms with Crippen molar-refractivity contribution in [3.05, 3.63) is 60.1 Å². The lowest BCUT2D eigenvalue weighted by Crippen LogP contribution is -2.20. The molecule has 0 bridgehead atoms. The van der Waals surface area contributed by atoms with Crippen molar-refractivity contribution in [1.82, 2.24) is 9.66 Å². The molecule has 0 aliphatic rings. The van der Waals surface area contributed by atoms with E-state index in [1.807, 2.05) is 35.6 Å². The van der Waals surface area contributed by atoms with Gasteiger partial charge < -0.3 is 14.6 Å². The topological polar surface area (TPSA) is 103 Å². The maximum Gasteiger partial charge on any atom is 0.341 e. The van der Waals surface area contributed by atoms with Crippen molar-refractivity contribution in [2.45, 2.75) is 13.8 Å². The highest BCUT2D eigenvalue weighted by atomic mass is 127. The summed E-state index contributed by atoms with van der Waals surface area (Å²) in [6.45, 7) is 3.42. The van der Waals surface area contributed by atoms with Crippen LogP contribution in [0.4, 0.5) is 0 Å². The molecule has 0 saturated carbocycles. The van der Waals surface area contributed by atoms with Gasteiger partial charge >= 0.3 is 5.97 Å². The molecule has 0 unspecified atom stereocenters. The number of fused-ring (bicyclic) bond motifs is 1. The Hall–Kier alpha value is -2.47. The van der Waals surface area contributed by atoms with Crippen molar-refractivity contribution in [3.8, 4) is 11.5 Å². The Kier molecular flexibility index (Phi) is 7.08. The number of nitrogens with zero attached hydrogens (tertiary/aromatic N) is 3. The zero-order valence-electron chi connectivity index (χ0n) is 16.1. The molecule has 156 valence electrons. The summed E-state index contributed by atoms with van der Waals surface area (Å²) in [4.78, 5) is 28.1. The number of aryl methyl sites for hydroxylation is 1.